The molecular formula is C61H34N4OS. The molecule has 0 unspecified atom stereocenters. The molecule has 0 radical (unpaired) electrons. The van der Waals surface area contributed by atoms with Gasteiger partial charge in [-0.1, -0.05) is 158 Å². The highest BCUT2D eigenvalue weighted by molar-refractivity contribution is 7.25. The summed E-state index contributed by atoms with van der Waals surface area (Å²) in [5.74, 6) is 1.79. The van der Waals surface area contributed by atoms with Gasteiger partial charge in [0.25, 0.3) is 0 Å². The Morgan fingerprint density at radius 1 is 0.358 bits per heavy atom. The summed E-state index contributed by atoms with van der Waals surface area (Å²) < 4.78 is 11.9. The lowest BCUT2D eigenvalue weighted by molar-refractivity contribution is 0.670. The minimum Gasteiger partial charge on any atom is -0.455 e. The Morgan fingerprint density at radius 2 is 0.940 bits per heavy atom. The average molecular weight is 871 g/mol. The van der Waals surface area contributed by atoms with E-state index in [2.05, 4.69) is 211 Å². The highest BCUT2D eigenvalue weighted by Gasteiger charge is 2.23. The SMILES string of the molecule is c1ccc2cc3c(cc2c1)c1ccc2ccccc2c1n3-c1ccc2ccc3oc4c(-c5nc(-c6cccc7ccccc67)nc(-c6cccc7sc8ccccc8c67)n5)cccc4c3c2c1. The third kappa shape index (κ3) is 5.39. The van der Waals surface area contributed by atoms with E-state index in [1.54, 1.807) is 11.3 Å². The highest BCUT2D eigenvalue weighted by atomic mass is 32.1. The number of hydrogen-bond donors (Lipinski definition) is 0. The summed E-state index contributed by atoms with van der Waals surface area (Å²) in [6.07, 6.45) is 0. The van der Waals surface area contributed by atoms with Crippen LogP contribution in [0, 0.1) is 0 Å². The summed E-state index contributed by atoms with van der Waals surface area (Å²) in [6, 6.07) is 73.9. The van der Waals surface area contributed by atoms with Crippen molar-refractivity contribution in [1.82, 2.24) is 19.5 Å². The van der Waals surface area contributed by atoms with Crippen LogP contribution >= 0.6 is 11.3 Å². The lowest BCUT2D eigenvalue weighted by Gasteiger charge is -2.12. The summed E-state index contributed by atoms with van der Waals surface area (Å²) in [4.78, 5) is 16.0. The van der Waals surface area contributed by atoms with Crippen LogP contribution in [-0.2, 0) is 0 Å². The van der Waals surface area contributed by atoms with Crippen LogP contribution in [0.15, 0.2) is 211 Å². The zero-order chi connectivity index (χ0) is 43.7. The minimum absolute atomic E-state index is 0.559. The lowest BCUT2D eigenvalue weighted by Crippen LogP contribution is -2.01. The molecule has 0 amide bonds. The second-order valence-electron chi connectivity index (χ2n) is 17.5. The maximum atomic E-state index is 6.99. The normalized spacial score (nSPS) is 12.2. The molecule has 0 saturated carbocycles. The molecule has 0 atom stereocenters. The number of furan rings is 1. The maximum Gasteiger partial charge on any atom is 0.167 e. The third-order valence-electron chi connectivity index (χ3n) is 13.8. The number of aromatic nitrogens is 4. The summed E-state index contributed by atoms with van der Waals surface area (Å²) >= 11 is 1.79. The fraction of sp³-hybridized carbons (Fsp3) is 0. The van der Waals surface area contributed by atoms with Crippen molar-refractivity contribution in [2.24, 2.45) is 0 Å². The van der Waals surface area contributed by atoms with Crippen LogP contribution in [0.1, 0.15) is 0 Å². The van der Waals surface area contributed by atoms with Crippen LogP contribution in [0.3, 0.4) is 0 Å². The molecule has 4 heterocycles. The van der Waals surface area contributed by atoms with E-state index in [0.717, 1.165) is 71.2 Å². The van der Waals surface area contributed by atoms with Crippen molar-refractivity contribution in [3.05, 3.63) is 206 Å². The van der Waals surface area contributed by atoms with E-state index in [1.807, 2.05) is 0 Å². The van der Waals surface area contributed by atoms with Crippen molar-refractivity contribution in [2.75, 3.05) is 0 Å². The molecule has 15 aromatic rings. The van der Waals surface area contributed by atoms with E-state index in [4.69, 9.17) is 19.4 Å². The van der Waals surface area contributed by atoms with Crippen LogP contribution in [-0.4, -0.2) is 19.5 Å². The monoisotopic (exact) mass is 870 g/mol. The van der Waals surface area contributed by atoms with Gasteiger partial charge in [-0.15, -0.1) is 11.3 Å². The molecule has 11 aromatic carbocycles. The van der Waals surface area contributed by atoms with Gasteiger partial charge in [0.2, 0.25) is 0 Å². The quantitative estimate of drug-likeness (QED) is 0.177. The number of rotatable bonds is 4. The molecule has 0 bridgehead atoms. The number of benzene rings is 11. The van der Waals surface area contributed by atoms with Gasteiger partial charge in [0, 0.05) is 63.9 Å². The Morgan fingerprint density at radius 3 is 1.81 bits per heavy atom. The van der Waals surface area contributed by atoms with E-state index in [9.17, 15) is 0 Å². The van der Waals surface area contributed by atoms with Crippen LogP contribution in [0.4, 0.5) is 0 Å². The van der Waals surface area contributed by atoms with E-state index < -0.39 is 0 Å². The molecule has 0 aliphatic rings. The fourth-order valence-electron chi connectivity index (χ4n) is 10.8. The summed E-state index contributed by atoms with van der Waals surface area (Å²) in [5.41, 5.74) is 7.75. The van der Waals surface area contributed by atoms with Gasteiger partial charge >= 0.3 is 0 Å². The Bertz CT molecular complexity index is 4590. The number of nitrogens with zero attached hydrogens (tertiary/aromatic N) is 4. The highest BCUT2D eigenvalue weighted by Crippen LogP contribution is 2.44. The molecule has 0 fully saturated rings. The van der Waals surface area contributed by atoms with Crippen LogP contribution in [0.2, 0.25) is 0 Å². The number of thiophene rings is 1. The van der Waals surface area contributed by atoms with Crippen LogP contribution in [0.5, 0.6) is 0 Å². The van der Waals surface area contributed by atoms with Crippen molar-refractivity contribution in [2.45, 2.75) is 0 Å². The molecule has 15 rings (SSSR count). The minimum atomic E-state index is 0.559. The first kappa shape index (κ1) is 36.6. The van der Waals surface area contributed by atoms with Gasteiger partial charge in [0.05, 0.1) is 16.6 Å². The molecule has 0 spiro atoms. The predicted molar refractivity (Wildman–Crippen MR) is 281 cm³/mol. The first-order valence-corrected chi connectivity index (χ1v) is 23.4. The van der Waals surface area contributed by atoms with Crippen molar-refractivity contribution >= 4 is 118 Å². The van der Waals surface area contributed by atoms with Crippen molar-refractivity contribution in [1.29, 1.82) is 0 Å². The number of para-hydroxylation sites is 1. The van der Waals surface area contributed by atoms with Gasteiger partial charge < -0.3 is 8.98 Å². The Hall–Kier alpha value is -8.71. The topological polar surface area (TPSA) is 56.7 Å². The maximum absolute atomic E-state index is 6.99. The standard InChI is InChI=1S/C61H34N4OS/c1-2-15-39-33-51-50(32-38(39)14-1)43-30-27-36-13-4-6-18-42(36)57(43)65(51)40-29-26-37-28-31-52-55(49(37)34-40)46-21-10-23-48(58(46)66-52)61-63-59(44-20-9-16-35-12-3-5-17-41(35)44)62-60(64-61)47-22-11-25-54-56(47)45-19-7-8-24-53(45)67-54/h1-34H. The molecule has 67 heavy (non-hydrogen) atoms. The van der Waals surface area contributed by atoms with E-state index in [-0.39, 0.29) is 0 Å². The van der Waals surface area contributed by atoms with Gasteiger partial charge in [-0.05, 0) is 86.2 Å². The Kier molecular flexibility index (Phi) is 7.59. The molecule has 0 aliphatic carbocycles. The van der Waals surface area contributed by atoms with E-state index in [0.29, 0.717) is 17.5 Å². The van der Waals surface area contributed by atoms with Gasteiger partial charge in [-0.2, -0.15) is 0 Å². The molecule has 4 aromatic heterocycles. The smallest absolute Gasteiger partial charge is 0.167 e. The predicted octanol–water partition coefficient (Wildman–Crippen LogP) is 16.8. The fourth-order valence-corrected chi connectivity index (χ4v) is 11.9. The Labute approximate surface area is 386 Å². The zero-order valence-corrected chi connectivity index (χ0v) is 36.6. The average Bonchev–Trinajstić information content (AvgIpc) is 4.07. The van der Waals surface area contributed by atoms with E-state index in [1.165, 1.54) is 58.1 Å². The summed E-state index contributed by atoms with van der Waals surface area (Å²) in [7, 11) is 0. The van der Waals surface area contributed by atoms with Gasteiger partial charge in [-0.3, -0.25) is 0 Å². The molecule has 0 aliphatic heterocycles. The first-order valence-electron chi connectivity index (χ1n) is 22.6. The molecule has 5 nitrogen and oxygen atoms in total. The number of fused-ring (bicyclic) bond motifs is 15. The molecular weight excluding hydrogens is 837 g/mol. The molecule has 310 valence electrons. The van der Waals surface area contributed by atoms with Crippen molar-refractivity contribution < 1.29 is 4.42 Å². The number of hydrogen-bond acceptors (Lipinski definition) is 5. The van der Waals surface area contributed by atoms with Gasteiger partial charge in [0.15, 0.2) is 17.5 Å². The van der Waals surface area contributed by atoms with Gasteiger partial charge in [-0.25, -0.2) is 15.0 Å². The summed E-state index contributed by atoms with van der Waals surface area (Å²) in [5, 5.41) is 16.2. The van der Waals surface area contributed by atoms with E-state index >= 15 is 0 Å². The Balaban J connectivity index is 0.986. The zero-order valence-electron chi connectivity index (χ0n) is 35.7. The molecule has 0 saturated heterocycles. The molecule has 0 N–H and O–H groups in total. The van der Waals surface area contributed by atoms with Crippen LogP contribution < -0.4 is 0 Å². The van der Waals surface area contributed by atoms with Crippen LogP contribution in [0.25, 0.3) is 147 Å². The molecule has 6 heteroatoms. The second kappa shape index (κ2) is 13.9. The summed E-state index contributed by atoms with van der Waals surface area (Å²) in [6.45, 7) is 0. The van der Waals surface area contributed by atoms with Crippen molar-refractivity contribution in [3.63, 3.8) is 0 Å². The second-order valence-corrected chi connectivity index (χ2v) is 18.6. The lowest BCUT2D eigenvalue weighted by atomic mass is 10.0. The first-order chi connectivity index (χ1) is 33.2. The van der Waals surface area contributed by atoms with Gasteiger partial charge in [0.1, 0.15) is 11.2 Å². The largest absolute Gasteiger partial charge is 0.455 e. The third-order valence-corrected chi connectivity index (χ3v) is 14.9. The van der Waals surface area contributed by atoms with Crippen molar-refractivity contribution in [3.8, 4) is 39.9 Å².